The largest absolute Gasteiger partial charge is 0.383 e. The summed E-state index contributed by atoms with van der Waals surface area (Å²) in [7, 11) is 0. The molecule has 0 radical (unpaired) electrons. The first-order valence-electron chi connectivity index (χ1n) is 6.24. The summed E-state index contributed by atoms with van der Waals surface area (Å²) in [6.07, 6.45) is 1.35. The van der Waals surface area contributed by atoms with Gasteiger partial charge in [0.2, 0.25) is 5.91 Å². The Balaban J connectivity index is 2.39. The minimum atomic E-state index is -0.981. The van der Waals surface area contributed by atoms with E-state index in [4.69, 9.17) is 0 Å². The highest BCUT2D eigenvalue weighted by Crippen LogP contribution is 2.24. The summed E-state index contributed by atoms with van der Waals surface area (Å²) in [6.45, 7) is 8.33. The van der Waals surface area contributed by atoms with E-state index in [0.717, 1.165) is 11.3 Å². The molecule has 1 aromatic rings. The summed E-state index contributed by atoms with van der Waals surface area (Å²) in [5.74, 6) is 0.00163. The molecule has 0 aromatic carbocycles. The van der Waals surface area contributed by atoms with E-state index in [9.17, 15) is 9.90 Å². The van der Waals surface area contributed by atoms with Crippen LogP contribution in [0.1, 0.15) is 45.4 Å². The lowest BCUT2D eigenvalue weighted by Crippen LogP contribution is -2.38. The van der Waals surface area contributed by atoms with Crippen molar-refractivity contribution in [3.63, 3.8) is 0 Å². The van der Waals surface area contributed by atoms with Gasteiger partial charge in [-0.05, 0) is 30.2 Å². The van der Waals surface area contributed by atoms with E-state index in [-0.39, 0.29) is 17.9 Å². The third-order valence-electron chi connectivity index (χ3n) is 2.78. The predicted octanol–water partition coefficient (Wildman–Crippen LogP) is 2.90. The molecular formula is C14H23NO2S. The van der Waals surface area contributed by atoms with Gasteiger partial charge >= 0.3 is 0 Å². The van der Waals surface area contributed by atoms with E-state index in [1.165, 1.54) is 11.3 Å². The second-order valence-corrected chi connectivity index (χ2v) is 7.04. The Kier molecular flexibility index (Phi) is 4.93. The Morgan fingerprint density at radius 3 is 2.56 bits per heavy atom. The van der Waals surface area contributed by atoms with E-state index >= 15 is 0 Å². The van der Waals surface area contributed by atoms with Crippen molar-refractivity contribution in [2.75, 3.05) is 6.54 Å². The van der Waals surface area contributed by atoms with Crippen LogP contribution in [0.3, 0.4) is 0 Å². The first-order valence-corrected chi connectivity index (χ1v) is 7.12. The minimum Gasteiger partial charge on any atom is -0.383 e. The van der Waals surface area contributed by atoms with Crippen LogP contribution in [-0.4, -0.2) is 17.6 Å². The number of hydrogen-bond donors (Lipinski definition) is 2. The van der Waals surface area contributed by atoms with Gasteiger partial charge in [-0.25, -0.2) is 0 Å². The van der Waals surface area contributed by atoms with Crippen LogP contribution >= 0.6 is 11.3 Å². The maximum atomic E-state index is 11.7. The van der Waals surface area contributed by atoms with Crippen molar-refractivity contribution in [2.24, 2.45) is 5.41 Å². The molecule has 0 aliphatic heterocycles. The molecule has 1 aromatic heterocycles. The molecule has 0 aliphatic carbocycles. The van der Waals surface area contributed by atoms with Crippen molar-refractivity contribution in [3.05, 3.63) is 22.4 Å². The van der Waals surface area contributed by atoms with Gasteiger partial charge in [0.1, 0.15) is 5.60 Å². The molecule has 1 amide bonds. The van der Waals surface area contributed by atoms with Crippen LogP contribution < -0.4 is 5.32 Å². The Morgan fingerprint density at radius 2 is 2.06 bits per heavy atom. The summed E-state index contributed by atoms with van der Waals surface area (Å²) < 4.78 is 0. The zero-order valence-electron chi connectivity index (χ0n) is 11.6. The van der Waals surface area contributed by atoms with E-state index < -0.39 is 5.60 Å². The molecular weight excluding hydrogens is 246 g/mol. The molecule has 1 rings (SSSR count). The Morgan fingerprint density at radius 1 is 1.39 bits per heavy atom. The molecule has 0 saturated carbocycles. The van der Waals surface area contributed by atoms with Gasteiger partial charge in [0.25, 0.3) is 0 Å². The molecule has 18 heavy (non-hydrogen) atoms. The lowest BCUT2D eigenvalue weighted by molar-refractivity contribution is -0.122. The van der Waals surface area contributed by atoms with Gasteiger partial charge < -0.3 is 10.4 Å². The molecule has 0 bridgehead atoms. The van der Waals surface area contributed by atoms with E-state index in [0.29, 0.717) is 6.42 Å². The molecule has 0 fully saturated rings. The number of rotatable bonds is 5. The van der Waals surface area contributed by atoms with E-state index in [2.05, 4.69) is 26.1 Å². The SMILES string of the molecule is CC(C)(C)CCC(=O)NCC(C)(O)c1cccs1. The standard InChI is InChI=1S/C14H23NO2S/c1-13(2,3)8-7-12(16)15-10-14(4,17)11-6-5-9-18-11/h5-6,9,17H,7-8,10H2,1-4H3,(H,15,16). The van der Waals surface area contributed by atoms with Crippen molar-refractivity contribution < 1.29 is 9.90 Å². The molecule has 102 valence electrons. The third-order valence-corrected chi connectivity index (χ3v) is 3.91. The number of thiophene rings is 1. The van der Waals surface area contributed by atoms with E-state index in [1.807, 2.05) is 17.5 Å². The molecule has 1 atom stereocenters. The predicted molar refractivity (Wildman–Crippen MR) is 75.6 cm³/mol. The quantitative estimate of drug-likeness (QED) is 0.863. The van der Waals surface area contributed by atoms with Crippen LogP contribution in [0.25, 0.3) is 0 Å². The van der Waals surface area contributed by atoms with Crippen LogP contribution in [0.4, 0.5) is 0 Å². The first kappa shape index (κ1) is 15.2. The molecule has 1 heterocycles. The molecule has 2 N–H and O–H groups in total. The second-order valence-electron chi connectivity index (χ2n) is 6.09. The zero-order valence-corrected chi connectivity index (χ0v) is 12.4. The van der Waals surface area contributed by atoms with Crippen LogP contribution in [-0.2, 0) is 10.4 Å². The molecule has 0 aliphatic rings. The number of nitrogens with one attached hydrogen (secondary N) is 1. The van der Waals surface area contributed by atoms with Gasteiger partial charge in [0, 0.05) is 11.3 Å². The second kappa shape index (κ2) is 5.85. The number of carbonyl (C=O) groups is 1. The van der Waals surface area contributed by atoms with Crippen molar-refractivity contribution in [3.8, 4) is 0 Å². The average Bonchev–Trinajstić information content (AvgIpc) is 2.76. The Hall–Kier alpha value is -0.870. The molecule has 3 nitrogen and oxygen atoms in total. The van der Waals surface area contributed by atoms with Gasteiger partial charge in [-0.1, -0.05) is 26.8 Å². The van der Waals surface area contributed by atoms with E-state index in [1.54, 1.807) is 6.92 Å². The summed E-state index contributed by atoms with van der Waals surface area (Å²) in [5.41, 5.74) is -0.820. The highest BCUT2D eigenvalue weighted by atomic mass is 32.1. The number of hydrogen-bond acceptors (Lipinski definition) is 3. The van der Waals surface area contributed by atoms with Crippen LogP contribution in [0, 0.1) is 5.41 Å². The van der Waals surface area contributed by atoms with Gasteiger partial charge in [-0.2, -0.15) is 0 Å². The van der Waals surface area contributed by atoms with Gasteiger partial charge in [-0.3, -0.25) is 4.79 Å². The fraction of sp³-hybridized carbons (Fsp3) is 0.643. The monoisotopic (exact) mass is 269 g/mol. The third kappa shape index (κ3) is 5.19. The maximum absolute atomic E-state index is 11.7. The summed E-state index contributed by atoms with van der Waals surface area (Å²) in [4.78, 5) is 12.6. The van der Waals surface area contributed by atoms with Gasteiger partial charge in [-0.15, -0.1) is 11.3 Å². The topological polar surface area (TPSA) is 49.3 Å². The summed E-state index contributed by atoms with van der Waals surface area (Å²) in [5, 5.41) is 15.0. The average molecular weight is 269 g/mol. The van der Waals surface area contributed by atoms with Crippen LogP contribution in [0.15, 0.2) is 17.5 Å². The number of carbonyl (C=O) groups excluding carboxylic acids is 1. The lowest BCUT2D eigenvalue weighted by Gasteiger charge is -2.23. The normalized spacial score (nSPS) is 15.2. The molecule has 4 heteroatoms. The van der Waals surface area contributed by atoms with Crippen LogP contribution in [0.2, 0.25) is 0 Å². The van der Waals surface area contributed by atoms with Crippen molar-refractivity contribution in [1.82, 2.24) is 5.32 Å². The van der Waals surface area contributed by atoms with Crippen molar-refractivity contribution >= 4 is 17.2 Å². The van der Waals surface area contributed by atoms with Crippen molar-refractivity contribution in [2.45, 2.75) is 46.1 Å². The fourth-order valence-electron chi connectivity index (χ4n) is 1.52. The van der Waals surface area contributed by atoms with Gasteiger partial charge in [0.15, 0.2) is 0 Å². The highest BCUT2D eigenvalue weighted by molar-refractivity contribution is 7.10. The van der Waals surface area contributed by atoms with Crippen molar-refractivity contribution in [1.29, 1.82) is 0 Å². The van der Waals surface area contributed by atoms with Crippen LogP contribution in [0.5, 0.6) is 0 Å². The lowest BCUT2D eigenvalue weighted by atomic mass is 9.90. The zero-order chi connectivity index (χ0) is 13.8. The Labute approximate surface area is 113 Å². The Bertz CT molecular complexity index is 377. The number of aliphatic hydroxyl groups is 1. The summed E-state index contributed by atoms with van der Waals surface area (Å²) in [6, 6.07) is 3.78. The fourth-order valence-corrected chi connectivity index (χ4v) is 2.31. The smallest absolute Gasteiger partial charge is 0.220 e. The molecule has 0 spiro atoms. The minimum absolute atomic E-state index is 0.00163. The maximum Gasteiger partial charge on any atom is 0.220 e. The molecule has 1 unspecified atom stereocenters. The first-order chi connectivity index (χ1) is 8.21. The number of amides is 1. The van der Waals surface area contributed by atoms with Gasteiger partial charge in [0.05, 0.1) is 6.54 Å². The highest BCUT2D eigenvalue weighted by Gasteiger charge is 2.25. The molecule has 0 saturated heterocycles. The summed E-state index contributed by atoms with van der Waals surface area (Å²) >= 11 is 1.50.